The summed E-state index contributed by atoms with van der Waals surface area (Å²) in [7, 11) is 4.79. The Morgan fingerprint density at radius 3 is 1.26 bits per heavy atom. The van der Waals surface area contributed by atoms with Gasteiger partial charge in [-0.3, -0.25) is 0 Å². The van der Waals surface area contributed by atoms with Crippen molar-refractivity contribution >= 4 is 44.4 Å². The predicted octanol–water partition coefficient (Wildman–Crippen LogP) is 3.18. The van der Waals surface area contributed by atoms with Crippen molar-refractivity contribution in [2.75, 3.05) is 23.9 Å². The Bertz CT molecular complexity index is 1420. The van der Waals surface area contributed by atoms with Crippen molar-refractivity contribution < 1.29 is 48.0 Å². The van der Waals surface area contributed by atoms with Crippen molar-refractivity contribution in [1.29, 1.82) is 0 Å². The zero-order valence-electron chi connectivity index (χ0n) is 25.4. The van der Waals surface area contributed by atoms with Crippen LogP contribution in [-0.4, -0.2) is 23.6 Å². The smallest absolute Gasteiger partial charge is 0.0135 e. The van der Waals surface area contributed by atoms with Gasteiger partial charge in [0.25, 0.3) is 0 Å². The Morgan fingerprint density at radius 1 is 0.548 bits per heavy atom. The van der Waals surface area contributed by atoms with Gasteiger partial charge in [-0.05, 0) is 0 Å². The van der Waals surface area contributed by atoms with Crippen LogP contribution in [0.25, 0.3) is 12.2 Å². The number of anilines is 4. The first-order valence-corrected chi connectivity index (χ1v) is 20.1. The molecule has 0 heterocycles. The van der Waals surface area contributed by atoms with E-state index in [9.17, 15) is 0 Å². The van der Waals surface area contributed by atoms with E-state index in [-0.39, 0.29) is 24.8 Å². The van der Waals surface area contributed by atoms with Gasteiger partial charge in [0.15, 0.2) is 0 Å². The van der Waals surface area contributed by atoms with Gasteiger partial charge in [0.2, 0.25) is 0 Å². The number of para-hydroxylation sites is 2. The molecule has 4 aromatic rings. The Hall–Kier alpha value is -2.36. The van der Waals surface area contributed by atoms with Crippen LogP contribution in [0, 0.1) is 0 Å². The molecule has 0 amide bonds. The summed E-state index contributed by atoms with van der Waals surface area (Å²) in [6.07, 6.45) is 4.92. The first-order chi connectivity index (χ1) is 19.4. The third-order valence-electron chi connectivity index (χ3n) is 7.85. The Balaban J connectivity index is 0.000000930. The minimum Gasteiger partial charge on any atom is -1.00 e. The molecule has 2 nitrogen and oxygen atoms in total. The van der Waals surface area contributed by atoms with Gasteiger partial charge in [0.1, 0.15) is 0 Å². The maximum absolute atomic E-state index is 2.46. The fourth-order valence-corrected chi connectivity index (χ4v) is 10.5. The molecule has 6 rings (SSSR count). The summed E-state index contributed by atoms with van der Waals surface area (Å²) >= 11 is -0.893. The normalized spacial score (nSPS) is 15.8. The molecule has 2 atom stereocenters. The molecule has 0 N–H and O–H groups in total. The van der Waals surface area contributed by atoms with Crippen molar-refractivity contribution in [1.82, 2.24) is 0 Å². The summed E-state index contributed by atoms with van der Waals surface area (Å²) in [6.45, 7) is 9.23. The number of rotatable bonds is 6. The van der Waals surface area contributed by atoms with Gasteiger partial charge in [-0.15, -0.1) is 0 Å². The van der Waals surface area contributed by atoms with E-state index in [1.54, 1.807) is 0 Å². The molecule has 0 spiro atoms. The molecule has 0 saturated carbocycles. The summed E-state index contributed by atoms with van der Waals surface area (Å²) in [5.74, 6) is 0. The molecule has 216 valence electrons. The van der Waals surface area contributed by atoms with E-state index in [2.05, 4.69) is 160 Å². The third kappa shape index (κ3) is 6.89. The van der Waals surface area contributed by atoms with E-state index in [1.807, 2.05) is 0 Å². The Labute approximate surface area is 279 Å². The van der Waals surface area contributed by atoms with Crippen molar-refractivity contribution in [2.24, 2.45) is 0 Å². The molecule has 0 aliphatic heterocycles. The minimum atomic E-state index is -0.893. The molecular formula is C36H40Cl2N2SiZr. The van der Waals surface area contributed by atoms with E-state index >= 15 is 0 Å². The third-order valence-corrected chi connectivity index (χ3v) is 13.3. The molecule has 0 radical (unpaired) electrons. The van der Waals surface area contributed by atoms with Gasteiger partial charge >= 0.3 is 234 Å². The second-order valence-electron chi connectivity index (χ2n) is 10.9. The van der Waals surface area contributed by atoms with E-state index in [0.29, 0.717) is 16.8 Å². The van der Waals surface area contributed by atoms with Crippen molar-refractivity contribution in [3.63, 3.8) is 0 Å². The number of fused-ring (bicyclic) bond motifs is 2. The zero-order valence-corrected chi connectivity index (χ0v) is 30.8. The zero-order chi connectivity index (χ0) is 28.2. The summed E-state index contributed by atoms with van der Waals surface area (Å²) in [5, 5.41) is 0. The molecule has 0 aromatic heterocycles. The van der Waals surface area contributed by atoms with Crippen LogP contribution in [0.3, 0.4) is 0 Å². The molecule has 0 saturated heterocycles. The number of nitrogens with zero attached hydrogens (tertiary/aromatic N) is 2. The van der Waals surface area contributed by atoms with Gasteiger partial charge in [0.05, 0.1) is 0 Å². The molecule has 42 heavy (non-hydrogen) atoms. The standard InChI is InChI=1S/2C17H16N.C2H8Si.2ClH.Zr/c2*1-13-11-14-7-6-10-17(16(14)12-13)18(2)15-8-4-3-5-9-15;1-3-2;;;/h2*3-12H,1-2H3;3H2,1-2H3;2*1H;/q;;;;;+2/p-2. The predicted molar refractivity (Wildman–Crippen MR) is 175 cm³/mol. The number of benzene rings is 4. The van der Waals surface area contributed by atoms with E-state index in [1.165, 1.54) is 56.1 Å². The first-order valence-electron chi connectivity index (χ1n) is 14.4. The van der Waals surface area contributed by atoms with Crippen LogP contribution in [0.5, 0.6) is 0 Å². The van der Waals surface area contributed by atoms with Gasteiger partial charge < -0.3 is 24.8 Å². The molecular weight excluding hydrogens is 651 g/mol. The average Bonchev–Trinajstić information content (AvgIpc) is 3.48. The summed E-state index contributed by atoms with van der Waals surface area (Å²) in [4.78, 5) is 4.66. The monoisotopic (exact) mass is 688 g/mol. The molecule has 2 aliphatic rings. The number of halogens is 2. The van der Waals surface area contributed by atoms with Crippen LogP contribution in [0.1, 0.15) is 43.4 Å². The maximum Gasteiger partial charge on any atom is 0.0135 e. The quantitative estimate of drug-likeness (QED) is 0.287. The van der Waals surface area contributed by atoms with Gasteiger partial charge in [0, 0.05) is 9.52 Å². The van der Waals surface area contributed by atoms with Crippen molar-refractivity contribution in [3.05, 3.63) is 130 Å². The van der Waals surface area contributed by atoms with Crippen LogP contribution in [0.4, 0.5) is 22.7 Å². The van der Waals surface area contributed by atoms with E-state index < -0.39 is 23.2 Å². The van der Waals surface area contributed by atoms with Crippen molar-refractivity contribution in [2.45, 2.75) is 34.2 Å². The number of allylic oxidation sites excluding steroid dienone is 2. The van der Waals surface area contributed by atoms with E-state index in [0.717, 1.165) is 0 Å². The molecule has 2 unspecified atom stereocenters. The second-order valence-corrected chi connectivity index (χ2v) is 15.9. The number of hydrogen-bond acceptors (Lipinski definition) is 2. The van der Waals surface area contributed by atoms with Crippen LogP contribution in [0.15, 0.2) is 108 Å². The summed E-state index contributed by atoms with van der Waals surface area (Å²) < 4.78 is 1.19. The Kier molecular flexibility index (Phi) is 12.5. The molecule has 0 fully saturated rings. The molecule has 6 heteroatoms. The molecule has 0 bridgehead atoms. The van der Waals surface area contributed by atoms with E-state index in [4.69, 9.17) is 0 Å². The van der Waals surface area contributed by atoms with Crippen LogP contribution < -0.4 is 34.6 Å². The SMILES string of the molecule is CC1=Cc2c(cccc2N(C)c2ccccc2)[CH]1[Zr+2][CH]1C(C)=Cc2c1cccc2N(C)c1ccccc1.C[SiH2]C.[Cl-].[Cl-]. The number of hydrogen-bond donors (Lipinski definition) is 0. The van der Waals surface area contributed by atoms with Crippen LogP contribution in [-0.2, 0) is 23.2 Å². The summed E-state index contributed by atoms with van der Waals surface area (Å²) in [6, 6.07) is 35.2. The molecule has 2 aliphatic carbocycles. The largest absolute Gasteiger partial charge is 1.00 e. The average molecular weight is 691 g/mol. The Morgan fingerprint density at radius 2 is 0.905 bits per heavy atom. The first kappa shape index (κ1) is 34.1. The molecule has 4 aromatic carbocycles. The summed E-state index contributed by atoms with van der Waals surface area (Å²) in [5.41, 5.74) is 14.0. The van der Waals surface area contributed by atoms with Gasteiger partial charge in [-0.25, -0.2) is 0 Å². The van der Waals surface area contributed by atoms with Crippen LogP contribution in [0.2, 0.25) is 13.1 Å². The fraction of sp³-hybridized carbons (Fsp3) is 0.222. The van der Waals surface area contributed by atoms with Gasteiger partial charge in [-0.2, -0.15) is 0 Å². The minimum absolute atomic E-state index is 0. The fourth-order valence-electron chi connectivity index (χ4n) is 5.85. The maximum atomic E-state index is 2.46. The van der Waals surface area contributed by atoms with Crippen LogP contribution >= 0.6 is 0 Å². The van der Waals surface area contributed by atoms with Gasteiger partial charge in [-0.1, -0.05) is 13.1 Å². The second kappa shape index (κ2) is 15.4. The topological polar surface area (TPSA) is 6.48 Å². The van der Waals surface area contributed by atoms with Crippen molar-refractivity contribution in [3.8, 4) is 0 Å².